The van der Waals surface area contributed by atoms with E-state index in [0.29, 0.717) is 0 Å². The third-order valence-electron chi connectivity index (χ3n) is 6.18. The SMILES string of the molecule is NCC1(N2CCCc3ccccc3C2)CN2CCC1CC2. The summed E-state index contributed by atoms with van der Waals surface area (Å²) in [6.45, 7) is 6.88. The molecule has 0 amide bonds. The average Bonchev–Trinajstić information content (AvgIpc) is 2.78. The molecule has 0 radical (unpaired) electrons. The Kier molecular flexibility index (Phi) is 3.52. The van der Waals surface area contributed by atoms with Crippen LogP contribution in [0.5, 0.6) is 0 Å². The zero-order valence-electron chi connectivity index (χ0n) is 12.9. The molecule has 0 spiro atoms. The molecule has 3 fully saturated rings. The molecule has 2 bridgehead atoms. The van der Waals surface area contributed by atoms with Crippen molar-refractivity contribution in [3.8, 4) is 0 Å². The van der Waals surface area contributed by atoms with Crippen LogP contribution in [0.1, 0.15) is 30.4 Å². The fourth-order valence-corrected chi connectivity index (χ4v) is 4.94. The Morgan fingerprint density at radius 3 is 2.52 bits per heavy atom. The van der Waals surface area contributed by atoms with E-state index in [1.807, 2.05) is 0 Å². The predicted octanol–water partition coefficient (Wildman–Crippen LogP) is 1.86. The number of hydrogen-bond donors (Lipinski definition) is 1. The first-order chi connectivity index (χ1) is 10.3. The summed E-state index contributed by atoms with van der Waals surface area (Å²) >= 11 is 0. The van der Waals surface area contributed by atoms with Gasteiger partial charge in [0.15, 0.2) is 0 Å². The van der Waals surface area contributed by atoms with E-state index < -0.39 is 0 Å². The molecule has 21 heavy (non-hydrogen) atoms. The summed E-state index contributed by atoms with van der Waals surface area (Å²) in [4.78, 5) is 5.39. The molecule has 3 nitrogen and oxygen atoms in total. The molecule has 2 N–H and O–H groups in total. The molecule has 0 aliphatic carbocycles. The van der Waals surface area contributed by atoms with Crippen molar-refractivity contribution < 1.29 is 0 Å². The standard InChI is InChI=1S/C18H27N3/c19-13-18(14-20-10-7-17(18)8-11-20)21-9-3-6-15-4-1-2-5-16(15)12-21/h1-2,4-5,17H,3,6-14,19H2. The first-order valence-corrected chi connectivity index (χ1v) is 8.56. The van der Waals surface area contributed by atoms with E-state index in [1.54, 1.807) is 5.56 Å². The van der Waals surface area contributed by atoms with Crippen molar-refractivity contribution in [3.63, 3.8) is 0 Å². The highest BCUT2D eigenvalue weighted by Gasteiger charge is 2.49. The smallest absolute Gasteiger partial charge is 0.0490 e. The largest absolute Gasteiger partial charge is 0.329 e. The quantitative estimate of drug-likeness (QED) is 0.900. The van der Waals surface area contributed by atoms with Gasteiger partial charge in [0.1, 0.15) is 0 Å². The van der Waals surface area contributed by atoms with Gasteiger partial charge in [0.2, 0.25) is 0 Å². The minimum absolute atomic E-state index is 0.230. The van der Waals surface area contributed by atoms with Crippen LogP contribution in [0.15, 0.2) is 24.3 Å². The summed E-state index contributed by atoms with van der Waals surface area (Å²) in [6.07, 6.45) is 5.18. The second kappa shape index (κ2) is 5.38. The molecule has 5 rings (SSSR count). The van der Waals surface area contributed by atoms with Gasteiger partial charge in [0, 0.05) is 25.2 Å². The van der Waals surface area contributed by atoms with Crippen molar-refractivity contribution in [2.24, 2.45) is 11.7 Å². The molecule has 1 atom stereocenters. The Labute approximate surface area is 128 Å². The summed E-state index contributed by atoms with van der Waals surface area (Å²) in [7, 11) is 0. The molecule has 4 heterocycles. The van der Waals surface area contributed by atoms with Gasteiger partial charge in [-0.25, -0.2) is 0 Å². The van der Waals surface area contributed by atoms with Crippen LogP contribution in [-0.4, -0.2) is 48.1 Å². The maximum absolute atomic E-state index is 6.36. The van der Waals surface area contributed by atoms with E-state index in [9.17, 15) is 0 Å². The highest BCUT2D eigenvalue weighted by atomic mass is 15.3. The van der Waals surface area contributed by atoms with Crippen molar-refractivity contribution in [2.45, 2.75) is 37.8 Å². The van der Waals surface area contributed by atoms with Gasteiger partial charge in [-0.1, -0.05) is 24.3 Å². The number of benzene rings is 1. The van der Waals surface area contributed by atoms with E-state index in [-0.39, 0.29) is 5.54 Å². The van der Waals surface area contributed by atoms with Gasteiger partial charge in [0.25, 0.3) is 0 Å². The molecule has 114 valence electrons. The van der Waals surface area contributed by atoms with Crippen molar-refractivity contribution in [1.82, 2.24) is 9.80 Å². The van der Waals surface area contributed by atoms with Crippen LogP contribution >= 0.6 is 0 Å². The van der Waals surface area contributed by atoms with Gasteiger partial charge in [0.05, 0.1) is 0 Å². The van der Waals surface area contributed by atoms with E-state index >= 15 is 0 Å². The van der Waals surface area contributed by atoms with Crippen LogP contribution in [0.4, 0.5) is 0 Å². The third kappa shape index (κ3) is 2.23. The van der Waals surface area contributed by atoms with Gasteiger partial charge >= 0.3 is 0 Å². The number of hydrogen-bond acceptors (Lipinski definition) is 3. The van der Waals surface area contributed by atoms with Gasteiger partial charge < -0.3 is 10.6 Å². The lowest BCUT2D eigenvalue weighted by molar-refractivity contribution is -0.0707. The van der Waals surface area contributed by atoms with E-state index in [2.05, 4.69) is 34.1 Å². The zero-order chi connectivity index (χ0) is 14.3. The molecule has 1 aromatic carbocycles. The molecular formula is C18H27N3. The first-order valence-electron chi connectivity index (χ1n) is 8.56. The van der Waals surface area contributed by atoms with Gasteiger partial charge in [-0.3, -0.25) is 4.90 Å². The molecule has 0 saturated carbocycles. The molecule has 1 unspecified atom stereocenters. The average molecular weight is 285 g/mol. The number of rotatable bonds is 2. The fourth-order valence-electron chi connectivity index (χ4n) is 4.94. The molecule has 3 heteroatoms. The Morgan fingerprint density at radius 1 is 1.10 bits per heavy atom. The number of nitrogens with zero attached hydrogens (tertiary/aromatic N) is 2. The lowest BCUT2D eigenvalue weighted by Gasteiger charge is -2.57. The maximum atomic E-state index is 6.36. The lowest BCUT2D eigenvalue weighted by Crippen LogP contribution is -2.69. The predicted molar refractivity (Wildman–Crippen MR) is 86.1 cm³/mol. The fraction of sp³-hybridized carbons (Fsp3) is 0.667. The summed E-state index contributed by atoms with van der Waals surface area (Å²) in [5, 5.41) is 0. The maximum Gasteiger partial charge on any atom is 0.0490 e. The second-order valence-corrected chi connectivity index (χ2v) is 7.15. The van der Waals surface area contributed by atoms with Crippen molar-refractivity contribution in [2.75, 3.05) is 32.7 Å². The van der Waals surface area contributed by atoms with Crippen LogP contribution in [-0.2, 0) is 13.0 Å². The van der Waals surface area contributed by atoms with Crippen molar-refractivity contribution in [1.29, 1.82) is 0 Å². The monoisotopic (exact) mass is 285 g/mol. The molecular weight excluding hydrogens is 258 g/mol. The minimum atomic E-state index is 0.230. The van der Waals surface area contributed by atoms with Gasteiger partial charge in [-0.15, -0.1) is 0 Å². The highest BCUT2D eigenvalue weighted by molar-refractivity contribution is 5.28. The highest BCUT2D eigenvalue weighted by Crippen LogP contribution is 2.40. The Balaban J connectivity index is 1.65. The Morgan fingerprint density at radius 2 is 1.86 bits per heavy atom. The van der Waals surface area contributed by atoms with Gasteiger partial charge in [-0.2, -0.15) is 0 Å². The summed E-state index contributed by atoms with van der Waals surface area (Å²) in [5.74, 6) is 0.803. The molecule has 1 aromatic rings. The molecule has 0 aromatic heterocycles. The summed E-state index contributed by atoms with van der Waals surface area (Å²) in [6, 6.07) is 9.00. The molecule has 4 aliphatic heterocycles. The topological polar surface area (TPSA) is 32.5 Å². The minimum Gasteiger partial charge on any atom is -0.329 e. The van der Waals surface area contributed by atoms with Crippen LogP contribution in [0.2, 0.25) is 0 Å². The summed E-state index contributed by atoms with van der Waals surface area (Å²) < 4.78 is 0. The molecule has 3 saturated heterocycles. The number of nitrogens with two attached hydrogens (primary N) is 1. The Hall–Kier alpha value is -0.900. The lowest BCUT2D eigenvalue weighted by atomic mass is 9.71. The Bertz CT molecular complexity index is 507. The number of fused-ring (bicyclic) bond motifs is 4. The number of aryl methyl sites for hydroxylation is 1. The third-order valence-corrected chi connectivity index (χ3v) is 6.18. The molecule has 4 aliphatic rings. The van der Waals surface area contributed by atoms with Crippen LogP contribution < -0.4 is 5.73 Å². The van der Waals surface area contributed by atoms with Crippen LogP contribution in [0.3, 0.4) is 0 Å². The van der Waals surface area contributed by atoms with Crippen molar-refractivity contribution in [3.05, 3.63) is 35.4 Å². The number of piperidine rings is 3. The van der Waals surface area contributed by atoms with Crippen LogP contribution in [0, 0.1) is 5.92 Å². The van der Waals surface area contributed by atoms with Crippen molar-refractivity contribution >= 4 is 0 Å². The zero-order valence-corrected chi connectivity index (χ0v) is 12.9. The summed E-state index contributed by atoms with van der Waals surface area (Å²) in [5.41, 5.74) is 9.66. The normalized spacial score (nSPS) is 36.2. The van der Waals surface area contributed by atoms with E-state index in [1.165, 1.54) is 57.4 Å². The van der Waals surface area contributed by atoms with E-state index in [0.717, 1.165) is 19.0 Å². The van der Waals surface area contributed by atoms with E-state index in [4.69, 9.17) is 5.73 Å². The first kappa shape index (κ1) is 13.7. The van der Waals surface area contributed by atoms with Crippen LogP contribution in [0.25, 0.3) is 0 Å². The van der Waals surface area contributed by atoms with Gasteiger partial charge in [-0.05, 0) is 62.4 Å². The second-order valence-electron chi connectivity index (χ2n) is 7.15.